The zero-order valence-corrected chi connectivity index (χ0v) is 15.0. The number of carboxylic acid groups (broad SMARTS) is 1. The van der Waals surface area contributed by atoms with Crippen LogP contribution in [0.15, 0.2) is 29.2 Å². The molecule has 0 radical (unpaired) electrons. The third kappa shape index (κ3) is 6.86. The molecule has 8 heteroatoms. The molecule has 1 rings (SSSR count). The van der Waals surface area contributed by atoms with Gasteiger partial charge in [-0.2, -0.15) is 4.72 Å². The minimum Gasteiger partial charge on any atom is -0.491 e. The van der Waals surface area contributed by atoms with Gasteiger partial charge in [-0.1, -0.05) is 13.8 Å². The summed E-state index contributed by atoms with van der Waals surface area (Å²) in [7, 11) is -3.91. The Kier molecular flexibility index (Phi) is 8.17. The highest BCUT2D eigenvalue weighted by atomic mass is 32.2. The number of hydrogen-bond donors (Lipinski definition) is 2. The average molecular weight is 359 g/mol. The summed E-state index contributed by atoms with van der Waals surface area (Å²) in [5.41, 5.74) is 0. The summed E-state index contributed by atoms with van der Waals surface area (Å²) in [5, 5.41) is 9.16. The van der Waals surface area contributed by atoms with Crippen molar-refractivity contribution in [3.63, 3.8) is 0 Å². The highest BCUT2D eigenvalue weighted by molar-refractivity contribution is 7.89. The molecule has 0 aromatic heterocycles. The minimum atomic E-state index is -3.91. The van der Waals surface area contributed by atoms with Crippen LogP contribution in [0.1, 0.15) is 27.2 Å². The third-order valence-corrected chi connectivity index (χ3v) is 4.62. The van der Waals surface area contributed by atoms with Crippen LogP contribution in [0.3, 0.4) is 0 Å². The summed E-state index contributed by atoms with van der Waals surface area (Å²) in [4.78, 5) is 11.2. The van der Waals surface area contributed by atoms with Gasteiger partial charge in [-0.3, -0.25) is 4.79 Å². The van der Waals surface area contributed by atoms with Crippen LogP contribution in [0, 0.1) is 5.92 Å². The summed E-state index contributed by atoms with van der Waals surface area (Å²) in [6.45, 7) is 6.97. The van der Waals surface area contributed by atoms with Crippen LogP contribution in [0.4, 0.5) is 0 Å². The molecule has 0 aliphatic heterocycles. The number of carbonyl (C=O) groups is 1. The third-order valence-electron chi connectivity index (χ3n) is 3.14. The Labute approximate surface area is 143 Å². The maximum atomic E-state index is 12.3. The van der Waals surface area contributed by atoms with Crippen molar-refractivity contribution < 1.29 is 27.8 Å². The van der Waals surface area contributed by atoms with Crippen molar-refractivity contribution in [2.45, 2.75) is 38.1 Å². The molecule has 0 saturated carbocycles. The molecule has 24 heavy (non-hydrogen) atoms. The van der Waals surface area contributed by atoms with Crippen LogP contribution in [0.2, 0.25) is 0 Å². The second-order valence-corrected chi connectivity index (χ2v) is 7.37. The molecule has 1 aromatic rings. The van der Waals surface area contributed by atoms with Crippen molar-refractivity contribution in [3.8, 4) is 5.75 Å². The molecule has 2 N–H and O–H groups in total. The quantitative estimate of drug-likeness (QED) is 0.585. The van der Waals surface area contributed by atoms with Gasteiger partial charge in [0.05, 0.1) is 11.5 Å². The second-order valence-electron chi connectivity index (χ2n) is 5.66. The van der Waals surface area contributed by atoms with Gasteiger partial charge in [0.15, 0.2) is 0 Å². The molecule has 1 unspecified atom stereocenters. The molecule has 1 atom stereocenters. The van der Waals surface area contributed by atoms with E-state index in [1.807, 2.05) is 20.8 Å². The first-order valence-corrected chi connectivity index (χ1v) is 9.30. The van der Waals surface area contributed by atoms with Gasteiger partial charge in [0.2, 0.25) is 10.0 Å². The lowest BCUT2D eigenvalue weighted by atomic mass is 10.1. The Balaban J connectivity index is 2.74. The Morgan fingerprint density at radius 3 is 2.33 bits per heavy atom. The molecule has 1 aromatic carbocycles. The molecular formula is C16H25NO6S. The number of hydrogen-bond acceptors (Lipinski definition) is 5. The molecule has 0 fully saturated rings. The standard InChI is InChI=1S/C16H25NO6S/c1-4-22-9-10-23-13-5-7-14(8-6-13)24(20,21)17-15(16(18)19)11-12(2)3/h5-8,12,15,17H,4,9-11H2,1-3H3,(H,18,19). The van der Waals surface area contributed by atoms with Gasteiger partial charge in [-0.05, 0) is 43.5 Å². The van der Waals surface area contributed by atoms with Crippen molar-refractivity contribution in [1.29, 1.82) is 0 Å². The first kappa shape index (κ1) is 20.4. The van der Waals surface area contributed by atoms with Crippen molar-refractivity contribution in [2.24, 2.45) is 5.92 Å². The minimum absolute atomic E-state index is 0.00494. The average Bonchev–Trinajstić information content (AvgIpc) is 2.50. The molecule has 0 heterocycles. The van der Waals surface area contributed by atoms with Crippen LogP contribution < -0.4 is 9.46 Å². The normalized spacial score (nSPS) is 13.0. The first-order chi connectivity index (χ1) is 11.3. The summed E-state index contributed by atoms with van der Waals surface area (Å²) < 4.78 is 37.4. The number of aliphatic carboxylic acids is 1. The van der Waals surface area contributed by atoms with E-state index in [1.54, 1.807) is 0 Å². The smallest absolute Gasteiger partial charge is 0.321 e. The monoisotopic (exact) mass is 359 g/mol. The fraction of sp³-hybridized carbons (Fsp3) is 0.562. The Morgan fingerprint density at radius 2 is 1.83 bits per heavy atom. The predicted octanol–water partition coefficient (Wildman–Crippen LogP) is 1.88. The van der Waals surface area contributed by atoms with Crippen molar-refractivity contribution in [1.82, 2.24) is 4.72 Å². The summed E-state index contributed by atoms with van der Waals surface area (Å²) >= 11 is 0. The zero-order valence-electron chi connectivity index (χ0n) is 14.2. The van der Waals surface area contributed by atoms with E-state index in [9.17, 15) is 13.2 Å². The molecule has 0 spiro atoms. The predicted molar refractivity (Wildman–Crippen MR) is 89.6 cm³/mol. The van der Waals surface area contributed by atoms with Gasteiger partial charge in [0.25, 0.3) is 0 Å². The lowest BCUT2D eigenvalue weighted by Crippen LogP contribution is -2.41. The molecule has 136 valence electrons. The second kappa shape index (κ2) is 9.61. The Morgan fingerprint density at radius 1 is 1.21 bits per heavy atom. The molecule has 0 bridgehead atoms. The van der Waals surface area contributed by atoms with Crippen LogP contribution in [-0.4, -0.2) is 45.4 Å². The highest BCUT2D eigenvalue weighted by Crippen LogP contribution is 2.17. The fourth-order valence-electron chi connectivity index (χ4n) is 2.00. The fourth-order valence-corrected chi connectivity index (χ4v) is 3.21. The molecule has 0 aliphatic carbocycles. The molecule has 0 aliphatic rings. The number of sulfonamides is 1. The van der Waals surface area contributed by atoms with E-state index in [4.69, 9.17) is 14.6 Å². The number of benzene rings is 1. The Hall–Kier alpha value is -1.64. The summed E-state index contributed by atoms with van der Waals surface area (Å²) in [5.74, 6) is -0.622. The summed E-state index contributed by atoms with van der Waals surface area (Å²) in [6.07, 6.45) is 0.215. The topological polar surface area (TPSA) is 102 Å². The van der Waals surface area contributed by atoms with Gasteiger partial charge in [0.1, 0.15) is 18.4 Å². The van der Waals surface area contributed by atoms with Gasteiger partial charge in [-0.25, -0.2) is 8.42 Å². The highest BCUT2D eigenvalue weighted by Gasteiger charge is 2.26. The maximum absolute atomic E-state index is 12.3. The van der Waals surface area contributed by atoms with Crippen LogP contribution in [0.25, 0.3) is 0 Å². The van der Waals surface area contributed by atoms with E-state index in [1.165, 1.54) is 24.3 Å². The number of nitrogens with one attached hydrogen (secondary N) is 1. The number of ether oxygens (including phenoxy) is 2. The maximum Gasteiger partial charge on any atom is 0.321 e. The SMILES string of the molecule is CCOCCOc1ccc(S(=O)(=O)NC(CC(C)C)C(=O)O)cc1. The number of rotatable bonds is 11. The lowest BCUT2D eigenvalue weighted by molar-refractivity contribution is -0.139. The molecule has 7 nitrogen and oxygen atoms in total. The first-order valence-electron chi connectivity index (χ1n) is 7.82. The van der Waals surface area contributed by atoms with Gasteiger partial charge in [0, 0.05) is 6.61 Å². The van der Waals surface area contributed by atoms with E-state index < -0.39 is 22.0 Å². The molecule has 0 amide bonds. The zero-order chi connectivity index (χ0) is 18.2. The largest absolute Gasteiger partial charge is 0.491 e. The van der Waals surface area contributed by atoms with Crippen LogP contribution >= 0.6 is 0 Å². The Bertz CT molecular complexity index is 612. The van der Waals surface area contributed by atoms with E-state index in [-0.39, 0.29) is 17.2 Å². The lowest BCUT2D eigenvalue weighted by Gasteiger charge is -2.16. The van der Waals surface area contributed by atoms with Crippen LogP contribution in [-0.2, 0) is 19.6 Å². The van der Waals surface area contributed by atoms with E-state index in [2.05, 4.69) is 4.72 Å². The van der Waals surface area contributed by atoms with Crippen LogP contribution in [0.5, 0.6) is 5.75 Å². The number of carboxylic acids is 1. The van der Waals surface area contributed by atoms with Gasteiger partial charge in [-0.15, -0.1) is 0 Å². The van der Waals surface area contributed by atoms with E-state index in [0.717, 1.165) is 0 Å². The van der Waals surface area contributed by atoms with Crippen molar-refractivity contribution >= 4 is 16.0 Å². The molecule has 0 saturated heterocycles. The molecular weight excluding hydrogens is 334 g/mol. The van der Waals surface area contributed by atoms with Gasteiger partial charge >= 0.3 is 5.97 Å². The van der Waals surface area contributed by atoms with E-state index >= 15 is 0 Å². The van der Waals surface area contributed by atoms with E-state index in [0.29, 0.717) is 25.6 Å². The summed E-state index contributed by atoms with van der Waals surface area (Å²) in [6, 6.07) is 4.66. The van der Waals surface area contributed by atoms with Gasteiger partial charge < -0.3 is 14.6 Å². The van der Waals surface area contributed by atoms with Crippen molar-refractivity contribution in [2.75, 3.05) is 19.8 Å². The van der Waals surface area contributed by atoms with Crippen molar-refractivity contribution in [3.05, 3.63) is 24.3 Å².